The Morgan fingerprint density at radius 2 is 1.89 bits per heavy atom. The van der Waals surface area contributed by atoms with Crippen molar-refractivity contribution in [1.82, 2.24) is 4.98 Å². The topological polar surface area (TPSA) is 49.9 Å². The molecule has 0 aliphatic heterocycles. The van der Waals surface area contributed by atoms with E-state index in [4.69, 9.17) is 0 Å². The van der Waals surface area contributed by atoms with E-state index >= 15 is 0 Å². The van der Waals surface area contributed by atoms with E-state index in [0.717, 1.165) is 15.4 Å². The van der Waals surface area contributed by atoms with E-state index in [1.165, 1.54) is 0 Å². The third-order valence-electron chi connectivity index (χ3n) is 2.97. The van der Waals surface area contributed by atoms with Gasteiger partial charge in [-0.2, -0.15) is 0 Å². The van der Waals surface area contributed by atoms with Crippen molar-refractivity contribution in [3.63, 3.8) is 0 Å². The fourth-order valence-corrected chi connectivity index (χ4v) is 2.87. The summed E-state index contributed by atoms with van der Waals surface area (Å²) in [5.74, 6) is 0. The van der Waals surface area contributed by atoms with Gasteiger partial charge in [-0.15, -0.1) is 0 Å². The Bertz CT molecular complexity index is 836. The van der Waals surface area contributed by atoms with Crippen LogP contribution in [0.25, 0.3) is 21.8 Å². The fourth-order valence-electron chi connectivity index (χ4n) is 2.13. The molecule has 1 heterocycles. The van der Waals surface area contributed by atoms with Crippen molar-refractivity contribution in [2.24, 2.45) is 0 Å². The fraction of sp³-hybridized carbons (Fsp3) is 0. The zero-order chi connectivity index (χ0) is 12.7. The Balaban J connectivity index is 2.65. The summed E-state index contributed by atoms with van der Waals surface area (Å²) in [6.07, 6.45) is 0.762. The lowest BCUT2D eigenvalue weighted by Gasteiger charge is -2.05. The first-order chi connectivity index (χ1) is 8.72. The average Bonchev–Trinajstić information content (AvgIpc) is 2.38. The van der Waals surface area contributed by atoms with E-state index in [9.17, 15) is 9.59 Å². The highest BCUT2D eigenvalue weighted by atomic mass is 127. The van der Waals surface area contributed by atoms with Gasteiger partial charge in [-0.05, 0) is 46.9 Å². The van der Waals surface area contributed by atoms with Crippen LogP contribution in [0.4, 0.5) is 0 Å². The molecule has 0 fully saturated rings. The van der Waals surface area contributed by atoms with Gasteiger partial charge in [-0.3, -0.25) is 9.59 Å². The molecule has 1 aromatic heterocycles. The van der Waals surface area contributed by atoms with Crippen molar-refractivity contribution < 1.29 is 4.79 Å². The van der Waals surface area contributed by atoms with E-state index in [1.807, 2.05) is 18.2 Å². The molecule has 0 saturated carbocycles. The predicted molar refractivity (Wildman–Crippen MR) is 80.2 cm³/mol. The standard InChI is InChI=1S/C14H8INO2/c15-10-5-2-6-11-12(10)14(18)9-4-1-3-8(7-17)13(9)16-11/h1-7H,(H,16,18). The van der Waals surface area contributed by atoms with Gasteiger partial charge < -0.3 is 4.98 Å². The second-order valence-electron chi connectivity index (χ2n) is 4.00. The Morgan fingerprint density at radius 3 is 2.67 bits per heavy atom. The molecule has 0 bridgehead atoms. The van der Waals surface area contributed by atoms with Crippen LogP contribution in [-0.2, 0) is 0 Å². The molecule has 4 heteroatoms. The minimum atomic E-state index is -0.0348. The number of fused-ring (bicyclic) bond motifs is 2. The second-order valence-corrected chi connectivity index (χ2v) is 5.17. The highest BCUT2D eigenvalue weighted by Gasteiger charge is 2.09. The lowest BCUT2D eigenvalue weighted by molar-refractivity contribution is 0.112. The Labute approximate surface area is 116 Å². The Morgan fingerprint density at radius 1 is 1.11 bits per heavy atom. The molecule has 0 aliphatic rings. The average molecular weight is 349 g/mol. The number of carbonyl (C=O) groups is 1. The summed E-state index contributed by atoms with van der Waals surface area (Å²) >= 11 is 2.14. The summed E-state index contributed by atoms with van der Waals surface area (Å²) in [6.45, 7) is 0. The molecule has 0 atom stereocenters. The zero-order valence-electron chi connectivity index (χ0n) is 9.24. The molecule has 0 unspecified atom stereocenters. The number of para-hydroxylation sites is 1. The van der Waals surface area contributed by atoms with Crippen LogP contribution in [0.15, 0.2) is 41.2 Å². The maximum absolute atomic E-state index is 12.4. The van der Waals surface area contributed by atoms with Crippen molar-refractivity contribution in [3.8, 4) is 0 Å². The highest BCUT2D eigenvalue weighted by molar-refractivity contribution is 14.1. The number of halogens is 1. The minimum absolute atomic E-state index is 0.0348. The predicted octanol–water partition coefficient (Wildman–Crippen LogP) is 3.10. The van der Waals surface area contributed by atoms with Crippen LogP contribution < -0.4 is 5.43 Å². The number of hydrogen-bond acceptors (Lipinski definition) is 2. The van der Waals surface area contributed by atoms with Crippen LogP contribution >= 0.6 is 22.6 Å². The van der Waals surface area contributed by atoms with Gasteiger partial charge in [-0.25, -0.2) is 0 Å². The van der Waals surface area contributed by atoms with Crippen molar-refractivity contribution in [2.75, 3.05) is 0 Å². The van der Waals surface area contributed by atoms with Crippen molar-refractivity contribution in [2.45, 2.75) is 0 Å². The summed E-state index contributed by atoms with van der Waals surface area (Å²) in [4.78, 5) is 26.6. The molecule has 0 radical (unpaired) electrons. The number of pyridine rings is 1. The molecular formula is C14H8INO2. The van der Waals surface area contributed by atoms with Crippen molar-refractivity contribution in [3.05, 3.63) is 55.8 Å². The number of aldehydes is 1. The van der Waals surface area contributed by atoms with Crippen LogP contribution in [0.1, 0.15) is 10.4 Å². The number of aromatic amines is 1. The molecule has 1 N–H and O–H groups in total. The Kier molecular flexibility index (Phi) is 2.66. The van der Waals surface area contributed by atoms with Gasteiger partial charge in [0.2, 0.25) is 0 Å². The SMILES string of the molecule is O=Cc1cccc2c(=O)c3c(I)cccc3[nH]c12. The second kappa shape index (κ2) is 4.20. The molecular weight excluding hydrogens is 341 g/mol. The largest absolute Gasteiger partial charge is 0.354 e. The number of benzene rings is 2. The van der Waals surface area contributed by atoms with E-state index in [-0.39, 0.29) is 5.43 Å². The summed E-state index contributed by atoms with van der Waals surface area (Å²) in [6, 6.07) is 10.8. The minimum Gasteiger partial charge on any atom is -0.354 e. The number of hydrogen-bond donors (Lipinski definition) is 1. The number of rotatable bonds is 1. The molecule has 18 heavy (non-hydrogen) atoms. The van der Waals surface area contributed by atoms with Crippen LogP contribution in [0.2, 0.25) is 0 Å². The molecule has 0 spiro atoms. The van der Waals surface area contributed by atoms with E-state index in [0.29, 0.717) is 21.9 Å². The van der Waals surface area contributed by atoms with Gasteiger partial charge in [0, 0.05) is 14.5 Å². The van der Waals surface area contributed by atoms with Gasteiger partial charge in [0.05, 0.1) is 16.4 Å². The maximum atomic E-state index is 12.4. The summed E-state index contributed by atoms with van der Waals surface area (Å²) in [5, 5.41) is 1.23. The third-order valence-corrected chi connectivity index (χ3v) is 3.87. The highest BCUT2D eigenvalue weighted by Crippen LogP contribution is 2.20. The Hall–Kier alpha value is -1.69. The third kappa shape index (κ3) is 1.56. The molecule has 0 aliphatic carbocycles. The van der Waals surface area contributed by atoms with Gasteiger partial charge >= 0.3 is 0 Å². The molecule has 3 nitrogen and oxygen atoms in total. The first-order valence-electron chi connectivity index (χ1n) is 5.41. The van der Waals surface area contributed by atoms with Gasteiger partial charge in [-0.1, -0.05) is 12.1 Å². The van der Waals surface area contributed by atoms with Crippen LogP contribution in [0.5, 0.6) is 0 Å². The van der Waals surface area contributed by atoms with Crippen LogP contribution in [-0.4, -0.2) is 11.3 Å². The van der Waals surface area contributed by atoms with Gasteiger partial charge in [0.15, 0.2) is 11.7 Å². The van der Waals surface area contributed by atoms with Crippen LogP contribution in [0.3, 0.4) is 0 Å². The first kappa shape index (κ1) is 11.4. The van der Waals surface area contributed by atoms with E-state index in [2.05, 4.69) is 27.6 Å². The van der Waals surface area contributed by atoms with Crippen LogP contribution in [0, 0.1) is 3.57 Å². The van der Waals surface area contributed by atoms with Crippen molar-refractivity contribution in [1.29, 1.82) is 0 Å². The van der Waals surface area contributed by atoms with Crippen molar-refractivity contribution >= 4 is 50.7 Å². The number of aromatic nitrogens is 1. The lowest BCUT2D eigenvalue weighted by atomic mass is 10.1. The normalized spacial score (nSPS) is 10.9. The number of H-pyrrole nitrogens is 1. The zero-order valence-corrected chi connectivity index (χ0v) is 11.4. The first-order valence-corrected chi connectivity index (χ1v) is 6.48. The maximum Gasteiger partial charge on any atom is 0.198 e. The smallest absolute Gasteiger partial charge is 0.198 e. The molecule has 3 rings (SSSR count). The molecule has 0 amide bonds. The molecule has 3 aromatic rings. The molecule has 2 aromatic carbocycles. The lowest BCUT2D eigenvalue weighted by Crippen LogP contribution is -2.06. The van der Waals surface area contributed by atoms with E-state index in [1.54, 1.807) is 18.2 Å². The summed E-state index contributed by atoms with van der Waals surface area (Å²) in [5.41, 5.74) is 1.83. The summed E-state index contributed by atoms with van der Waals surface area (Å²) in [7, 11) is 0. The molecule has 0 saturated heterocycles. The van der Waals surface area contributed by atoms with Gasteiger partial charge in [0.1, 0.15) is 0 Å². The van der Waals surface area contributed by atoms with E-state index < -0.39 is 0 Å². The number of nitrogens with one attached hydrogen (secondary N) is 1. The monoisotopic (exact) mass is 349 g/mol. The number of carbonyl (C=O) groups excluding carboxylic acids is 1. The quantitative estimate of drug-likeness (QED) is 0.417. The van der Waals surface area contributed by atoms with Gasteiger partial charge in [0.25, 0.3) is 0 Å². The summed E-state index contributed by atoms with van der Waals surface area (Å²) < 4.78 is 0.907. The molecule has 88 valence electrons.